The monoisotopic (exact) mass is 194 g/mol. The van der Waals surface area contributed by atoms with E-state index >= 15 is 0 Å². The van der Waals surface area contributed by atoms with Gasteiger partial charge in [0.05, 0.1) is 12.7 Å². The number of nitrogens with one attached hydrogen (secondary N) is 1. The summed E-state index contributed by atoms with van der Waals surface area (Å²) >= 11 is 0. The van der Waals surface area contributed by atoms with E-state index in [2.05, 4.69) is 10.3 Å². The van der Waals surface area contributed by atoms with Crippen LogP contribution >= 0.6 is 0 Å². The molecule has 2 rings (SSSR count). The molecule has 4 heteroatoms. The number of morpholine rings is 1. The zero-order chi connectivity index (χ0) is 9.80. The number of aliphatic hydroxyl groups excluding tert-OH is 1. The smallest absolute Gasteiger partial charge is 0.106 e. The van der Waals surface area contributed by atoms with Crippen molar-refractivity contribution in [2.75, 3.05) is 19.7 Å². The third-order valence-corrected chi connectivity index (χ3v) is 2.36. The van der Waals surface area contributed by atoms with Gasteiger partial charge in [0.25, 0.3) is 0 Å². The van der Waals surface area contributed by atoms with Gasteiger partial charge in [0.1, 0.15) is 6.10 Å². The Hall–Kier alpha value is -0.970. The minimum atomic E-state index is -0.564. The van der Waals surface area contributed by atoms with Crippen molar-refractivity contribution < 1.29 is 9.84 Å². The van der Waals surface area contributed by atoms with Gasteiger partial charge < -0.3 is 15.2 Å². The first-order valence-electron chi connectivity index (χ1n) is 4.78. The Morgan fingerprint density at radius 1 is 1.50 bits per heavy atom. The maximum atomic E-state index is 9.95. The van der Waals surface area contributed by atoms with Gasteiger partial charge >= 0.3 is 0 Å². The molecule has 1 saturated heterocycles. The predicted octanol–water partition coefficient (Wildman–Crippen LogP) is 0.103. The standard InChI is InChI=1S/C10H14N2O2/c13-10(8-1-3-11-4-2-8)9-7-12-5-6-14-9/h1-4,9-10,12-13H,5-7H2/t9-,10-/m1/s1. The molecule has 1 aliphatic rings. The van der Waals surface area contributed by atoms with Crippen molar-refractivity contribution in [3.63, 3.8) is 0 Å². The lowest BCUT2D eigenvalue weighted by atomic mass is 10.1. The van der Waals surface area contributed by atoms with Crippen LogP contribution in [0.5, 0.6) is 0 Å². The van der Waals surface area contributed by atoms with Gasteiger partial charge in [-0.25, -0.2) is 0 Å². The van der Waals surface area contributed by atoms with Gasteiger partial charge in [0, 0.05) is 25.5 Å². The van der Waals surface area contributed by atoms with E-state index in [0.29, 0.717) is 13.2 Å². The molecule has 14 heavy (non-hydrogen) atoms. The Bertz CT molecular complexity index is 273. The lowest BCUT2D eigenvalue weighted by Crippen LogP contribution is -2.41. The summed E-state index contributed by atoms with van der Waals surface area (Å²) in [6, 6.07) is 3.62. The van der Waals surface area contributed by atoms with Gasteiger partial charge in [-0.1, -0.05) is 0 Å². The lowest BCUT2D eigenvalue weighted by molar-refractivity contribution is -0.0536. The van der Waals surface area contributed by atoms with Crippen LogP contribution in [0.2, 0.25) is 0 Å². The number of hydrogen-bond donors (Lipinski definition) is 2. The van der Waals surface area contributed by atoms with Crippen LogP contribution in [0.4, 0.5) is 0 Å². The molecule has 76 valence electrons. The molecule has 2 N–H and O–H groups in total. The van der Waals surface area contributed by atoms with Gasteiger partial charge in [0.15, 0.2) is 0 Å². The number of aliphatic hydroxyl groups is 1. The van der Waals surface area contributed by atoms with Crippen LogP contribution < -0.4 is 5.32 Å². The molecule has 1 aliphatic heterocycles. The topological polar surface area (TPSA) is 54.4 Å². The van der Waals surface area contributed by atoms with Gasteiger partial charge in [-0.3, -0.25) is 4.98 Å². The molecule has 0 amide bonds. The maximum Gasteiger partial charge on any atom is 0.106 e. The average molecular weight is 194 g/mol. The summed E-state index contributed by atoms with van der Waals surface area (Å²) < 4.78 is 5.46. The largest absolute Gasteiger partial charge is 0.386 e. The van der Waals surface area contributed by atoms with E-state index < -0.39 is 6.10 Å². The molecule has 2 heterocycles. The summed E-state index contributed by atoms with van der Waals surface area (Å²) in [5.41, 5.74) is 0.855. The van der Waals surface area contributed by atoms with Crippen LogP contribution in [0.1, 0.15) is 11.7 Å². The van der Waals surface area contributed by atoms with Crippen molar-refractivity contribution in [1.29, 1.82) is 0 Å². The van der Waals surface area contributed by atoms with E-state index in [1.165, 1.54) is 0 Å². The van der Waals surface area contributed by atoms with Crippen LogP contribution in [0, 0.1) is 0 Å². The normalized spacial score (nSPS) is 24.5. The zero-order valence-electron chi connectivity index (χ0n) is 7.89. The van der Waals surface area contributed by atoms with E-state index in [0.717, 1.165) is 12.1 Å². The van der Waals surface area contributed by atoms with E-state index in [1.54, 1.807) is 12.4 Å². The minimum absolute atomic E-state index is 0.147. The quantitative estimate of drug-likeness (QED) is 0.701. The second kappa shape index (κ2) is 4.50. The van der Waals surface area contributed by atoms with Crippen molar-refractivity contribution in [3.05, 3.63) is 30.1 Å². The molecule has 1 aromatic rings. The van der Waals surface area contributed by atoms with Crippen molar-refractivity contribution in [3.8, 4) is 0 Å². The van der Waals surface area contributed by atoms with Crippen molar-refractivity contribution in [2.24, 2.45) is 0 Å². The van der Waals surface area contributed by atoms with E-state index in [1.807, 2.05) is 12.1 Å². The first kappa shape index (κ1) is 9.58. The number of nitrogens with zero attached hydrogens (tertiary/aromatic N) is 1. The summed E-state index contributed by atoms with van der Waals surface area (Å²) in [6.07, 6.45) is 2.64. The molecule has 1 fully saturated rings. The summed E-state index contributed by atoms with van der Waals surface area (Å²) in [5.74, 6) is 0. The van der Waals surface area contributed by atoms with Crippen molar-refractivity contribution in [1.82, 2.24) is 10.3 Å². The molecule has 1 aromatic heterocycles. The second-order valence-electron chi connectivity index (χ2n) is 3.34. The van der Waals surface area contributed by atoms with Crippen LogP contribution in [0.25, 0.3) is 0 Å². The van der Waals surface area contributed by atoms with E-state index in [4.69, 9.17) is 4.74 Å². The number of ether oxygens (including phenoxy) is 1. The van der Waals surface area contributed by atoms with E-state index in [-0.39, 0.29) is 6.10 Å². The lowest BCUT2D eigenvalue weighted by Gasteiger charge is -2.27. The van der Waals surface area contributed by atoms with Crippen LogP contribution in [-0.2, 0) is 4.74 Å². The SMILES string of the molecule is O[C@H](c1ccncc1)[C@H]1CNCCO1. The Balaban J connectivity index is 2.03. The van der Waals surface area contributed by atoms with Crippen LogP contribution in [0.3, 0.4) is 0 Å². The molecule has 2 atom stereocenters. The maximum absolute atomic E-state index is 9.95. The number of hydrogen-bond acceptors (Lipinski definition) is 4. The Morgan fingerprint density at radius 2 is 2.29 bits per heavy atom. The molecule has 0 spiro atoms. The number of pyridine rings is 1. The summed E-state index contributed by atoms with van der Waals surface area (Å²) in [7, 11) is 0. The van der Waals surface area contributed by atoms with Gasteiger partial charge in [-0.15, -0.1) is 0 Å². The highest BCUT2D eigenvalue weighted by Gasteiger charge is 2.23. The molecular weight excluding hydrogens is 180 g/mol. The summed E-state index contributed by atoms with van der Waals surface area (Å²) in [6.45, 7) is 2.22. The average Bonchev–Trinajstić information content (AvgIpc) is 2.30. The highest BCUT2D eigenvalue weighted by molar-refractivity contribution is 5.14. The zero-order valence-corrected chi connectivity index (χ0v) is 7.89. The third-order valence-electron chi connectivity index (χ3n) is 2.36. The molecule has 0 aromatic carbocycles. The fourth-order valence-electron chi connectivity index (χ4n) is 1.56. The molecule has 0 aliphatic carbocycles. The van der Waals surface area contributed by atoms with Crippen molar-refractivity contribution in [2.45, 2.75) is 12.2 Å². The summed E-state index contributed by atoms with van der Waals surface area (Å²) in [4.78, 5) is 3.91. The molecule has 0 radical (unpaired) electrons. The molecule has 0 saturated carbocycles. The highest BCUT2D eigenvalue weighted by atomic mass is 16.5. The molecule has 0 bridgehead atoms. The Kier molecular flexibility index (Phi) is 3.08. The Morgan fingerprint density at radius 3 is 2.93 bits per heavy atom. The number of aromatic nitrogens is 1. The predicted molar refractivity (Wildman–Crippen MR) is 51.8 cm³/mol. The Labute approximate surface area is 82.9 Å². The third kappa shape index (κ3) is 2.09. The first-order chi connectivity index (χ1) is 6.88. The molecular formula is C10H14N2O2. The number of rotatable bonds is 2. The highest BCUT2D eigenvalue weighted by Crippen LogP contribution is 2.18. The molecule has 0 unspecified atom stereocenters. The van der Waals surface area contributed by atoms with Gasteiger partial charge in [0.2, 0.25) is 0 Å². The van der Waals surface area contributed by atoms with E-state index in [9.17, 15) is 5.11 Å². The second-order valence-corrected chi connectivity index (χ2v) is 3.34. The van der Waals surface area contributed by atoms with Crippen molar-refractivity contribution >= 4 is 0 Å². The fraction of sp³-hybridized carbons (Fsp3) is 0.500. The van der Waals surface area contributed by atoms with Gasteiger partial charge in [-0.05, 0) is 17.7 Å². The first-order valence-corrected chi connectivity index (χ1v) is 4.78. The minimum Gasteiger partial charge on any atom is -0.386 e. The summed E-state index contributed by atoms with van der Waals surface area (Å²) in [5, 5.41) is 13.1. The van der Waals surface area contributed by atoms with Crippen LogP contribution in [-0.4, -0.2) is 35.9 Å². The van der Waals surface area contributed by atoms with Crippen LogP contribution in [0.15, 0.2) is 24.5 Å². The molecule has 4 nitrogen and oxygen atoms in total. The fourth-order valence-corrected chi connectivity index (χ4v) is 1.56. The van der Waals surface area contributed by atoms with Gasteiger partial charge in [-0.2, -0.15) is 0 Å².